The fourth-order valence-corrected chi connectivity index (χ4v) is 7.82. The van der Waals surface area contributed by atoms with Crippen LogP contribution in [0.5, 0.6) is 0 Å². The zero-order valence-corrected chi connectivity index (χ0v) is 30.6. The van der Waals surface area contributed by atoms with E-state index in [-0.39, 0.29) is 34.8 Å². The van der Waals surface area contributed by atoms with Crippen molar-refractivity contribution in [1.82, 2.24) is 0 Å². The van der Waals surface area contributed by atoms with Gasteiger partial charge in [-0.3, -0.25) is 9.59 Å². The first-order chi connectivity index (χ1) is 21.6. The van der Waals surface area contributed by atoms with Gasteiger partial charge in [-0.25, -0.2) is 0 Å². The SMILES string of the molecule is CC(=O)O[C@H]1CC(C)(C)C(=CC(C)=CC=CC(C)=CC=CC=C(C)C=CC=C(C)C(=O)C[C@@]23O[C@]2(C)C[C@@H](O)CC3(C)C)[C@](C)(O)C1. The highest BCUT2D eigenvalue weighted by molar-refractivity contribution is 5.96. The van der Waals surface area contributed by atoms with Crippen LogP contribution in [0.1, 0.15) is 108 Å². The van der Waals surface area contributed by atoms with Gasteiger partial charge >= 0.3 is 5.97 Å². The van der Waals surface area contributed by atoms with E-state index in [9.17, 15) is 19.8 Å². The number of hydrogen-bond acceptors (Lipinski definition) is 6. The molecule has 3 fully saturated rings. The van der Waals surface area contributed by atoms with Crippen molar-refractivity contribution in [3.8, 4) is 0 Å². The molecule has 3 rings (SSSR count). The lowest BCUT2D eigenvalue weighted by molar-refractivity contribution is -0.152. The van der Waals surface area contributed by atoms with E-state index < -0.39 is 16.8 Å². The normalized spacial score (nSPS) is 33.9. The number of epoxide rings is 1. The second kappa shape index (κ2) is 14.6. The molecule has 0 amide bonds. The first-order valence-corrected chi connectivity index (χ1v) is 16.9. The van der Waals surface area contributed by atoms with Crippen molar-refractivity contribution < 1.29 is 29.3 Å². The van der Waals surface area contributed by atoms with Gasteiger partial charge in [0.25, 0.3) is 0 Å². The predicted molar refractivity (Wildman–Crippen MR) is 191 cm³/mol. The highest BCUT2D eigenvalue weighted by Crippen LogP contribution is 2.67. The smallest absolute Gasteiger partial charge is 0.302 e. The Bertz CT molecular complexity index is 1440. The third-order valence-electron chi connectivity index (χ3n) is 10.2. The Morgan fingerprint density at radius 3 is 1.87 bits per heavy atom. The van der Waals surface area contributed by atoms with Gasteiger partial charge in [-0.1, -0.05) is 111 Å². The fourth-order valence-electron chi connectivity index (χ4n) is 7.82. The highest BCUT2D eigenvalue weighted by Gasteiger charge is 2.76. The summed E-state index contributed by atoms with van der Waals surface area (Å²) >= 11 is 0. The van der Waals surface area contributed by atoms with E-state index in [2.05, 4.69) is 33.8 Å². The summed E-state index contributed by atoms with van der Waals surface area (Å²) in [7, 11) is 0. The Hall–Kier alpha value is -3.06. The molecule has 0 radical (unpaired) electrons. The molecule has 1 heterocycles. The molecule has 2 saturated carbocycles. The van der Waals surface area contributed by atoms with Gasteiger partial charge in [-0.05, 0) is 76.4 Å². The van der Waals surface area contributed by atoms with Gasteiger partial charge in [0.05, 0.1) is 17.3 Å². The molecule has 0 unspecified atom stereocenters. The Morgan fingerprint density at radius 1 is 0.787 bits per heavy atom. The topological polar surface area (TPSA) is 96.4 Å². The molecule has 0 aromatic heterocycles. The number of fused-ring (bicyclic) bond motifs is 1. The van der Waals surface area contributed by atoms with Crippen LogP contribution < -0.4 is 0 Å². The lowest BCUT2D eigenvalue weighted by atomic mass is 9.61. The number of rotatable bonds is 11. The number of ether oxygens (including phenoxy) is 2. The van der Waals surface area contributed by atoms with Gasteiger partial charge in [-0.15, -0.1) is 0 Å². The van der Waals surface area contributed by atoms with Crippen LogP contribution in [0.25, 0.3) is 0 Å². The monoisotopic (exact) mass is 646 g/mol. The lowest BCUT2D eigenvalue weighted by Crippen LogP contribution is -2.48. The molecule has 0 spiro atoms. The fraction of sp³-hybridized carbons (Fsp3) is 0.561. The number of Topliss-reactive ketones (excluding diaryl/α,β-unsaturated/α-hetero) is 1. The van der Waals surface area contributed by atoms with Gasteiger partial charge in [0.1, 0.15) is 11.7 Å². The number of allylic oxidation sites excluding steroid dienone is 15. The Balaban J connectivity index is 1.54. The molecule has 258 valence electrons. The minimum Gasteiger partial charge on any atom is -0.462 e. The summed E-state index contributed by atoms with van der Waals surface area (Å²) in [4.78, 5) is 24.6. The molecule has 47 heavy (non-hydrogen) atoms. The number of hydrogen-bond donors (Lipinski definition) is 2. The van der Waals surface area contributed by atoms with E-state index in [1.54, 1.807) is 6.92 Å². The van der Waals surface area contributed by atoms with Crippen LogP contribution in [-0.4, -0.2) is 51.0 Å². The number of carbonyl (C=O) groups excluding carboxylic acids is 2. The third kappa shape index (κ3) is 9.52. The molecule has 2 N–H and O–H groups in total. The summed E-state index contributed by atoms with van der Waals surface area (Å²) in [6.07, 6.45) is 23.9. The molecule has 2 aliphatic carbocycles. The molecule has 0 aromatic rings. The maximum Gasteiger partial charge on any atom is 0.302 e. The highest BCUT2D eigenvalue weighted by atomic mass is 16.6. The maximum atomic E-state index is 13.1. The third-order valence-corrected chi connectivity index (χ3v) is 10.2. The summed E-state index contributed by atoms with van der Waals surface area (Å²) in [5.41, 5.74) is 2.28. The van der Waals surface area contributed by atoms with Gasteiger partial charge in [-0.2, -0.15) is 0 Å². The van der Waals surface area contributed by atoms with Crippen LogP contribution in [0.15, 0.2) is 94.7 Å². The van der Waals surface area contributed by atoms with Crippen LogP contribution in [0.2, 0.25) is 0 Å². The average Bonchev–Trinajstić information content (AvgIpc) is 3.52. The van der Waals surface area contributed by atoms with Crippen LogP contribution in [0, 0.1) is 10.8 Å². The molecule has 1 aliphatic heterocycles. The number of ketones is 1. The number of esters is 1. The summed E-state index contributed by atoms with van der Waals surface area (Å²) in [5, 5.41) is 21.5. The van der Waals surface area contributed by atoms with Crippen LogP contribution in [-0.2, 0) is 19.1 Å². The van der Waals surface area contributed by atoms with Crippen molar-refractivity contribution in [2.75, 3.05) is 0 Å². The Kier molecular flexibility index (Phi) is 11.9. The molecule has 0 aromatic carbocycles. The first-order valence-electron chi connectivity index (χ1n) is 16.9. The number of aliphatic hydroxyl groups is 2. The van der Waals surface area contributed by atoms with Crippen molar-refractivity contribution in [3.63, 3.8) is 0 Å². The molecule has 6 nitrogen and oxygen atoms in total. The lowest BCUT2D eigenvalue weighted by Gasteiger charge is -2.46. The van der Waals surface area contributed by atoms with Gasteiger partial charge in [0.2, 0.25) is 0 Å². The number of aliphatic hydroxyl groups excluding tert-OH is 1. The van der Waals surface area contributed by atoms with Gasteiger partial charge in [0, 0.05) is 26.2 Å². The molecule has 0 bridgehead atoms. The van der Waals surface area contributed by atoms with Crippen molar-refractivity contribution in [2.24, 2.45) is 10.8 Å². The van der Waals surface area contributed by atoms with E-state index in [0.29, 0.717) is 37.7 Å². The maximum absolute atomic E-state index is 13.1. The van der Waals surface area contributed by atoms with E-state index in [4.69, 9.17) is 9.47 Å². The Labute approximate surface area is 283 Å². The molecule has 3 aliphatic rings. The average molecular weight is 647 g/mol. The molecular weight excluding hydrogens is 588 g/mol. The van der Waals surface area contributed by atoms with E-state index in [1.165, 1.54) is 6.92 Å². The van der Waals surface area contributed by atoms with Crippen LogP contribution in [0.4, 0.5) is 0 Å². The van der Waals surface area contributed by atoms with Gasteiger partial charge in [0.15, 0.2) is 5.78 Å². The Morgan fingerprint density at radius 2 is 1.34 bits per heavy atom. The second-order valence-electron chi connectivity index (χ2n) is 15.7. The minimum atomic E-state index is -1.05. The number of carbonyl (C=O) groups is 2. The standard InChI is InChI=1S/C41H58O6/c1-28(18-14-20-30(3)22-36-37(6,7)25-34(46-32(5)42)26-39(36,10)45)16-12-13-17-29(2)19-15-21-31(4)35(44)27-41-38(8,9)23-33(43)24-40(41,11)47-41/h12-22,33-34,43,45H,23-27H2,1-11H3/t33-,34-,39+,40+,41-/m0/s1. The van der Waals surface area contributed by atoms with E-state index in [1.807, 2.05) is 95.4 Å². The summed E-state index contributed by atoms with van der Waals surface area (Å²) in [5.74, 6) is -0.234. The van der Waals surface area contributed by atoms with E-state index in [0.717, 1.165) is 22.3 Å². The summed E-state index contributed by atoms with van der Waals surface area (Å²) in [6.45, 7) is 21.5. The molecular formula is C41H58O6. The van der Waals surface area contributed by atoms with Crippen molar-refractivity contribution in [3.05, 3.63) is 94.7 Å². The molecule has 6 heteroatoms. The van der Waals surface area contributed by atoms with E-state index >= 15 is 0 Å². The zero-order chi connectivity index (χ0) is 35.4. The van der Waals surface area contributed by atoms with Crippen LogP contribution in [0.3, 0.4) is 0 Å². The second-order valence-corrected chi connectivity index (χ2v) is 15.7. The van der Waals surface area contributed by atoms with Crippen molar-refractivity contribution in [2.45, 2.75) is 137 Å². The summed E-state index contributed by atoms with van der Waals surface area (Å²) in [6, 6.07) is 0. The largest absolute Gasteiger partial charge is 0.462 e. The van der Waals surface area contributed by atoms with Crippen LogP contribution >= 0.6 is 0 Å². The summed E-state index contributed by atoms with van der Waals surface area (Å²) < 4.78 is 11.6. The van der Waals surface area contributed by atoms with Crippen molar-refractivity contribution in [1.29, 1.82) is 0 Å². The minimum absolute atomic E-state index is 0.0822. The predicted octanol–water partition coefficient (Wildman–Crippen LogP) is 8.54. The molecule has 5 atom stereocenters. The quantitative estimate of drug-likeness (QED) is 0.101. The van der Waals surface area contributed by atoms with Crippen molar-refractivity contribution >= 4 is 11.8 Å². The molecule has 1 saturated heterocycles. The first kappa shape index (κ1) is 38.4. The zero-order valence-electron chi connectivity index (χ0n) is 30.6. The van der Waals surface area contributed by atoms with Gasteiger partial charge < -0.3 is 19.7 Å².